The van der Waals surface area contributed by atoms with Gasteiger partial charge >= 0.3 is 28.3 Å². The van der Waals surface area contributed by atoms with E-state index in [0.717, 1.165) is 18.9 Å². The summed E-state index contributed by atoms with van der Waals surface area (Å²) < 4.78 is 8.22. The van der Waals surface area contributed by atoms with Gasteiger partial charge in [-0.05, 0) is 32.5 Å². The molecule has 222 valence electrons. The number of nitrogens with one attached hydrogen (secondary N) is 4. The summed E-state index contributed by atoms with van der Waals surface area (Å²) in [7, 11) is 0. The standard InChI is InChI=1S/C20H38N8O6S3.O.Tc/c21-20(22)24-3-1-2-13(26-16(30)12-28(5-8-36)6-9-37)18(33)25-11-15(29)27-14(10-17(31)32)19(34)23-4-7-35;;/h13-14,35-37H,1-12H2,(H,23,34)(H,25,33)(H,26,30)(H,27,29)(H,31,32)(H4,21,22,24);;/q;;+3/p-3/t13-,14-;;/m0../s1/i;;1+1. The van der Waals surface area contributed by atoms with Crippen LogP contribution in [0.1, 0.15) is 19.3 Å². The van der Waals surface area contributed by atoms with Crippen LogP contribution in [-0.2, 0) is 84.2 Å². The van der Waals surface area contributed by atoms with E-state index < -0.39 is 54.6 Å². The summed E-state index contributed by atoms with van der Waals surface area (Å²) in [6.45, 7) is 0.755. The molecule has 0 saturated carbocycles. The average molecular weight is 695 g/mol. The van der Waals surface area contributed by atoms with Gasteiger partial charge < -0.3 is 75.7 Å². The Morgan fingerprint density at radius 3 is 1.95 bits per heavy atom. The summed E-state index contributed by atoms with van der Waals surface area (Å²) in [6, 6.07) is -2.35. The molecule has 19 heteroatoms. The summed E-state index contributed by atoms with van der Waals surface area (Å²) in [4.78, 5) is 66.4. The minimum absolute atomic E-state index is 0.0122. The molecular formula is C20H35N8O7S3Tc. The van der Waals surface area contributed by atoms with Crippen LogP contribution in [-0.4, -0.2) is 114 Å². The number of carbonyl (C=O) groups is 5. The van der Waals surface area contributed by atoms with Crippen LogP contribution in [0, 0.1) is 0 Å². The molecule has 15 nitrogen and oxygen atoms in total. The van der Waals surface area contributed by atoms with Gasteiger partial charge in [-0.3, -0.25) is 33.9 Å². The molecule has 2 atom stereocenters. The van der Waals surface area contributed by atoms with Crippen LogP contribution < -0.4 is 32.7 Å². The van der Waals surface area contributed by atoms with Gasteiger partial charge in [-0.25, -0.2) is 0 Å². The number of nitrogens with zero attached hydrogens (tertiary/aromatic N) is 2. The number of aliphatic carboxylic acids is 1. The topological polar surface area (TPSA) is 238 Å². The third-order valence-electron chi connectivity index (χ3n) is 4.63. The quantitative estimate of drug-likeness (QED) is 0.0276. The maximum absolute atomic E-state index is 12.8. The third-order valence-corrected chi connectivity index (χ3v) is 5.20. The molecule has 0 saturated heterocycles. The maximum atomic E-state index is 12.8. The Kier molecular flexibility index (Phi) is 25.2. The van der Waals surface area contributed by atoms with E-state index in [4.69, 9.17) is 58.0 Å². The zero-order chi connectivity index (χ0) is 30.2. The van der Waals surface area contributed by atoms with Crippen molar-refractivity contribution in [3.05, 3.63) is 0 Å². The van der Waals surface area contributed by atoms with Crippen LogP contribution in [0.25, 0.3) is 0 Å². The Bertz CT molecular complexity index is 803. The molecule has 0 aliphatic rings. The summed E-state index contributed by atoms with van der Waals surface area (Å²) in [6.07, 6.45) is -0.130. The predicted molar refractivity (Wildman–Crippen MR) is 146 cm³/mol. The number of aliphatic imine (C=N–C) groups is 1. The Morgan fingerprint density at radius 1 is 0.872 bits per heavy atom. The van der Waals surface area contributed by atoms with Gasteiger partial charge in [0.2, 0.25) is 23.6 Å². The van der Waals surface area contributed by atoms with E-state index in [9.17, 15) is 24.0 Å². The van der Waals surface area contributed by atoms with Crippen LogP contribution in [0.5, 0.6) is 0 Å². The van der Waals surface area contributed by atoms with E-state index in [0.29, 0.717) is 31.0 Å². The average Bonchev–Trinajstić information content (AvgIpc) is 2.88. The predicted octanol–water partition coefficient (Wildman–Crippen LogP) is -4.46. The van der Waals surface area contributed by atoms with Crippen LogP contribution in [0.3, 0.4) is 0 Å². The first-order valence-electron chi connectivity index (χ1n) is 11.6. The van der Waals surface area contributed by atoms with E-state index in [2.05, 4.69) is 26.3 Å². The first kappa shape index (κ1) is 39.2. The molecular weight excluding hydrogens is 659 g/mol. The van der Waals surface area contributed by atoms with Crippen molar-refractivity contribution in [3.8, 4) is 0 Å². The minimum atomic E-state index is -1.35. The molecule has 0 spiro atoms. The molecule has 4 amide bonds. The molecule has 0 aliphatic carbocycles. The summed E-state index contributed by atoms with van der Waals surface area (Å²) in [5.41, 5.74) is 10.6. The van der Waals surface area contributed by atoms with Crippen molar-refractivity contribution in [3.63, 3.8) is 0 Å². The Labute approximate surface area is 254 Å². The van der Waals surface area contributed by atoms with Crippen molar-refractivity contribution in [2.45, 2.75) is 31.3 Å². The summed E-state index contributed by atoms with van der Waals surface area (Å²) >= 11 is 15.5. The van der Waals surface area contributed by atoms with Gasteiger partial charge in [-0.1, -0.05) is 0 Å². The Hall–Kier alpha value is -1.92. The molecule has 9 N–H and O–H groups in total. The first-order valence-corrected chi connectivity index (χ1v) is 14.1. The van der Waals surface area contributed by atoms with E-state index in [1.807, 2.05) is 0 Å². The molecule has 0 aromatic rings. The van der Waals surface area contributed by atoms with Gasteiger partial charge in [0.1, 0.15) is 12.1 Å². The number of carboxylic acid groups (broad SMARTS) is 1. The van der Waals surface area contributed by atoms with Crippen LogP contribution >= 0.6 is 0 Å². The SMILES string of the molecule is NC(N)=NCCC[C@H](NC(=O)CN(CC[S-])CC[S-])C(=O)NCC(=O)N[C@@H](CC(=O)O)C(=O)NCC[S-].[O]=[99Tc+3]. The van der Waals surface area contributed by atoms with Gasteiger partial charge in [-0.15, -0.1) is 0 Å². The monoisotopic (exact) mass is 694 g/mol. The summed E-state index contributed by atoms with van der Waals surface area (Å²) in [5, 5.41) is 18.7. The second kappa shape index (κ2) is 25.1. The van der Waals surface area contributed by atoms with Crippen molar-refractivity contribution in [2.24, 2.45) is 16.5 Å². The molecule has 0 radical (unpaired) electrons. The fraction of sp³-hybridized carbons (Fsp3) is 0.700. The number of guanidine groups is 1. The van der Waals surface area contributed by atoms with Gasteiger partial charge in [0.05, 0.1) is 19.5 Å². The van der Waals surface area contributed by atoms with Crippen molar-refractivity contribution in [2.75, 3.05) is 56.5 Å². The molecule has 0 aromatic heterocycles. The zero-order valence-electron chi connectivity index (χ0n) is 21.2. The second-order valence-corrected chi connectivity index (χ2v) is 8.91. The number of carbonyl (C=O) groups excluding carboxylic acids is 4. The van der Waals surface area contributed by atoms with Gasteiger partial charge in [0, 0.05) is 6.54 Å². The number of carboxylic acids is 1. The van der Waals surface area contributed by atoms with Gasteiger partial charge in [-0.2, -0.15) is 17.3 Å². The van der Waals surface area contributed by atoms with Crippen molar-refractivity contribution in [1.82, 2.24) is 26.2 Å². The van der Waals surface area contributed by atoms with E-state index >= 15 is 0 Å². The van der Waals surface area contributed by atoms with E-state index in [-0.39, 0.29) is 37.8 Å². The van der Waals surface area contributed by atoms with Crippen molar-refractivity contribution >= 4 is 73.4 Å². The fourth-order valence-electron chi connectivity index (χ4n) is 2.96. The fourth-order valence-corrected chi connectivity index (χ4v) is 3.58. The number of hydrogen-bond acceptors (Lipinski definition) is 11. The van der Waals surface area contributed by atoms with Gasteiger partial charge in [0.25, 0.3) is 0 Å². The molecule has 0 rings (SSSR count). The van der Waals surface area contributed by atoms with Crippen LogP contribution in [0.15, 0.2) is 4.99 Å². The molecule has 0 unspecified atom stereocenters. The molecule has 0 fully saturated rings. The molecule has 0 aliphatic heterocycles. The van der Waals surface area contributed by atoms with Crippen LogP contribution in [0.4, 0.5) is 0 Å². The normalized spacial score (nSPS) is 11.7. The molecule has 0 bridgehead atoms. The number of hydrogen-bond donors (Lipinski definition) is 7. The number of amides is 4. The number of rotatable bonds is 20. The van der Waals surface area contributed by atoms with Crippen LogP contribution in [0.2, 0.25) is 0 Å². The van der Waals surface area contributed by atoms with Crippen molar-refractivity contribution in [1.29, 1.82) is 0 Å². The molecule has 0 heterocycles. The zero-order valence-corrected chi connectivity index (χ0v) is 25.5. The Balaban J connectivity index is 0. The second-order valence-electron chi connectivity index (χ2n) is 7.68. The van der Waals surface area contributed by atoms with Crippen molar-refractivity contribution < 1.29 is 51.4 Å². The number of nitrogens with two attached hydrogens (primary N) is 2. The van der Waals surface area contributed by atoms with E-state index in [1.54, 1.807) is 4.90 Å². The van der Waals surface area contributed by atoms with Gasteiger partial charge in [0.15, 0.2) is 5.96 Å². The summed E-state index contributed by atoms with van der Waals surface area (Å²) in [5.74, 6) is -2.97. The Morgan fingerprint density at radius 2 is 1.44 bits per heavy atom. The van der Waals surface area contributed by atoms with E-state index in [1.165, 1.54) is 0 Å². The third kappa shape index (κ3) is 21.6. The molecule has 39 heavy (non-hydrogen) atoms. The first-order chi connectivity index (χ1) is 18.5. The molecule has 0 aromatic carbocycles.